The quantitative estimate of drug-likeness (QED) is 0.726. The maximum Gasteiger partial charge on any atom is 0.401 e. The van der Waals surface area contributed by atoms with Gasteiger partial charge in [0.15, 0.2) is 0 Å². The van der Waals surface area contributed by atoms with Crippen molar-refractivity contribution in [2.24, 2.45) is 5.41 Å². The molecule has 1 unspecified atom stereocenters. The van der Waals surface area contributed by atoms with Crippen molar-refractivity contribution in [3.05, 3.63) is 0 Å². The summed E-state index contributed by atoms with van der Waals surface area (Å²) in [6.07, 6.45) is -3.27. The second-order valence-electron chi connectivity index (χ2n) is 5.56. The molecular formula is C13H27F3N2. The summed E-state index contributed by atoms with van der Waals surface area (Å²) in [4.78, 5) is 1.51. The molecular weight excluding hydrogens is 241 g/mol. The Balaban J connectivity index is 4.62. The van der Waals surface area contributed by atoms with Crippen molar-refractivity contribution in [3.63, 3.8) is 0 Å². The first-order valence-corrected chi connectivity index (χ1v) is 6.65. The Morgan fingerprint density at radius 1 is 1.11 bits per heavy atom. The Hall–Kier alpha value is -0.290. The highest BCUT2D eigenvalue weighted by Crippen LogP contribution is 2.26. The predicted molar refractivity (Wildman–Crippen MR) is 69.7 cm³/mol. The van der Waals surface area contributed by atoms with Crippen molar-refractivity contribution < 1.29 is 13.2 Å². The second-order valence-corrected chi connectivity index (χ2v) is 5.56. The summed E-state index contributed by atoms with van der Waals surface area (Å²) in [7, 11) is 0. The summed E-state index contributed by atoms with van der Waals surface area (Å²) in [6, 6.07) is -0.0980. The zero-order valence-corrected chi connectivity index (χ0v) is 12.2. The third kappa shape index (κ3) is 7.21. The molecule has 0 bridgehead atoms. The molecule has 0 aliphatic carbocycles. The van der Waals surface area contributed by atoms with Gasteiger partial charge in [0.2, 0.25) is 0 Å². The lowest BCUT2D eigenvalue weighted by Crippen LogP contribution is -2.47. The Kier molecular flexibility index (Phi) is 7.22. The fraction of sp³-hybridized carbons (Fsp3) is 1.00. The molecule has 0 aliphatic rings. The number of hydrogen-bond acceptors (Lipinski definition) is 2. The average molecular weight is 268 g/mol. The van der Waals surface area contributed by atoms with Gasteiger partial charge in [0, 0.05) is 19.1 Å². The molecule has 0 aromatic rings. The summed E-state index contributed by atoms with van der Waals surface area (Å²) in [5.41, 5.74) is -0.120. The molecule has 1 N–H and O–H groups in total. The predicted octanol–water partition coefficient (Wildman–Crippen LogP) is 3.28. The molecule has 0 aromatic heterocycles. The largest absolute Gasteiger partial charge is 0.401 e. The second kappa shape index (κ2) is 7.34. The zero-order chi connectivity index (χ0) is 14.4. The van der Waals surface area contributed by atoms with Gasteiger partial charge in [0.05, 0.1) is 6.54 Å². The smallest absolute Gasteiger partial charge is 0.316 e. The molecule has 0 radical (unpaired) electrons. The van der Waals surface area contributed by atoms with Crippen molar-refractivity contribution in [3.8, 4) is 0 Å². The van der Waals surface area contributed by atoms with Crippen LogP contribution in [0.2, 0.25) is 0 Å². The van der Waals surface area contributed by atoms with Crippen molar-refractivity contribution in [1.82, 2.24) is 10.2 Å². The lowest BCUT2D eigenvalue weighted by atomic mass is 9.86. The maximum atomic E-state index is 12.5. The van der Waals surface area contributed by atoms with Gasteiger partial charge in [-0.05, 0) is 32.2 Å². The standard InChI is InChI=1S/C13H27F3N2/c1-6-12(5,8-17-7-2)9-18(11(3)4)10-13(14,15)16/h11,17H,6-10H2,1-5H3. The molecule has 1 atom stereocenters. The number of nitrogens with one attached hydrogen (secondary N) is 1. The van der Waals surface area contributed by atoms with Crippen molar-refractivity contribution in [1.29, 1.82) is 0 Å². The van der Waals surface area contributed by atoms with Gasteiger partial charge in [-0.15, -0.1) is 0 Å². The molecule has 110 valence electrons. The third-order valence-corrected chi connectivity index (χ3v) is 3.35. The summed E-state index contributed by atoms with van der Waals surface area (Å²) >= 11 is 0. The number of rotatable bonds is 8. The average Bonchev–Trinajstić information content (AvgIpc) is 2.23. The Morgan fingerprint density at radius 3 is 2.00 bits per heavy atom. The van der Waals surface area contributed by atoms with Crippen LogP contribution in [0.3, 0.4) is 0 Å². The van der Waals surface area contributed by atoms with Gasteiger partial charge in [-0.3, -0.25) is 4.90 Å². The highest BCUT2D eigenvalue weighted by molar-refractivity contribution is 4.82. The summed E-state index contributed by atoms with van der Waals surface area (Å²) in [6.45, 7) is 10.9. The molecule has 0 aliphatic heterocycles. The topological polar surface area (TPSA) is 15.3 Å². The fourth-order valence-corrected chi connectivity index (χ4v) is 1.86. The van der Waals surface area contributed by atoms with Gasteiger partial charge in [-0.1, -0.05) is 20.8 Å². The monoisotopic (exact) mass is 268 g/mol. The zero-order valence-electron chi connectivity index (χ0n) is 12.2. The van der Waals surface area contributed by atoms with Gasteiger partial charge in [-0.2, -0.15) is 13.2 Å². The van der Waals surface area contributed by atoms with E-state index < -0.39 is 12.7 Å². The number of alkyl halides is 3. The summed E-state index contributed by atoms with van der Waals surface area (Å²) in [5, 5.41) is 3.24. The van der Waals surface area contributed by atoms with E-state index >= 15 is 0 Å². The van der Waals surface area contributed by atoms with Crippen LogP contribution in [-0.2, 0) is 0 Å². The van der Waals surface area contributed by atoms with Gasteiger partial charge >= 0.3 is 6.18 Å². The first-order chi connectivity index (χ1) is 8.13. The summed E-state index contributed by atoms with van der Waals surface area (Å²) < 4.78 is 37.6. The van der Waals surface area contributed by atoms with Gasteiger partial charge in [0.25, 0.3) is 0 Å². The van der Waals surface area contributed by atoms with Crippen molar-refractivity contribution in [2.45, 2.75) is 53.3 Å². The van der Waals surface area contributed by atoms with Crippen LogP contribution in [0.4, 0.5) is 13.2 Å². The van der Waals surface area contributed by atoms with Crippen LogP contribution in [0, 0.1) is 5.41 Å². The maximum absolute atomic E-state index is 12.5. The SMILES string of the molecule is CCNCC(C)(CC)CN(CC(F)(F)F)C(C)C. The molecule has 18 heavy (non-hydrogen) atoms. The van der Waals surface area contributed by atoms with E-state index in [0.29, 0.717) is 6.54 Å². The Morgan fingerprint density at radius 2 is 1.67 bits per heavy atom. The molecule has 5 heteroatoms. The van der Waals surface area contributed by atoms with E-state index in [1.165, 1.54) is 4.90 Å². The van der Waals surface area contributed by atoms with Gasteiger partial charge in [-0.25, -0.2) is 0 Å². The minimum Gasteiger partial charge on any atom is -0.316 e. The Bertz CT molecular complexity index is 229. The molecule has 0 heterocycles. The van der Waals surface area contributed by atoms with Crippen molar-refractivity contribution >= 4 is 0 Å². The molecule has 0 spiro atoms. The van der Waals surface area contributed by atoms with Crippen LogP contribution in [-0.4, -0.2) is 43.3 Å². The van der Waals surface area contributed by atoms with E-state index in [9.17, 15) is 13.2 Å². The normalized spacial score (nSPS) is 16.3. The van der Waals surface area contributed by atoms with Crippen LogP contribution < -0.4 is 5.32 Å². The van der Waals surface area contributed by atoms with E-state index in [1.54, 1.807) is 0 Å². The molecule has 2 nitrogen and oxygen atoms in total. The molecule has 0 fully saturated rings. The molecule has 0 saturated heterocycles. The van der Waals surface area contributed by atoms with Crippen LogP contribution in [0.25, 0.3) is 0 Å². The Labute approximate surface area is 109 Å². The lowest BCUT2D eigenvalue weighted by molar-refractivity contribution is -0.152. The highest BCUT2D eigenvalue weighted by Gasteiger charge is 2.35. The summed E-state index contributed by atoms with van der Waals surface area (Å²) in [5.74, 6) is 0. The first kappa shape index (κ1) is 17.7. The number of halogens is 3. The lowest BCUT2D eigenvalue weighted by Gasteiger charge is -2.37. The number of nitrogens with zero attached hydrogens (tertiary/aromatic N) is 1. The van der Waals surface area contributed by atoms with Gasteiger partial charge < -0.3 is 5.32 Å². The van der Waals surface area contributed by atoms with E-state index in [4.69, 9.17) is 0 Å². The molecule has 0 amide bonds. The molecule has 0 saturated carbocycles. The van der Waals surface area contributed by atoms with Crippen LogP contribution in [0.1, 0.15) is 41.0 Å². The van der Waals surface area contributed by atoms with Crippen LogP contribution in [0.5, 0.6) is 0 Å². The molecule has 0 aromatic carbocycles. The highest BCUT2D eigenvalue weighted by atomic mass is 19.4. The fourth-order valence-electron chi connectivity index (χ4n) is 1.86. The van der Waals surface area contributed by atoms with Crippen molar-refractivity contribution in [2.75, 3.05) is 26.2 Å². The van der Waals surface area contributed by atoms with E-state index in [2.05, 4.69) is 5.32 Å². The van der Waals surface area contributed by atoms with Crippen LogP contribution in [0.15, 0.2) is 0 Å². The molecule has 0 rings (SSSR count). The van der Waals surface area contributed by atoms with Gasteiger partial charge in [0.1, 0.15) is 0 Å². The minimum atomic E-state index is -4.13. The van der Waals surface area contributed by atoms with E-state index in [0.717, 1.165) is 19.5 Å². The van der Waals surface area contributed by atoms with Crippen LogP contribution >= 0.6 is 0 Å². The number of hydrogen-bond donors (Lipinski definition) is 1. The minimum absolute atomic E-state index is 0.0980. The van der Waals surface area contributed by atoms with E-state index in [1.807, 2.05) is 34.6 Å². The first-order valence-electron chi connectivity index (χ1n) is 6.65. The van der Waals surface area contributed by atoms with E-state index in [-0.39, 0.29) is 11.5 Å². The third-order valence-electron chi connectivity index (χ3n) is 3.35.